The Labute approximate surface area is 194 Å². The largest absolute Gasteiger partial charge is 0.490 e. The Balaban J connectivity index is 0.00000392. The Bertz CT molecular complexity index is 703. The highest BCUT2D eigenvalue weighted by Gasteiger charge is 2.13. The lowest BCUT2D eigenvalue weighted by Gasteiger charge is -2.16. The van der Waals surface area contributed by atoms with Gasteiger partial charge < -0.3 is 25.2 Å². The van der Waals surface area contributed by atoms with Gasteiger partial charge in [0.15, 0.2) is 11.5 Å². The van der Waals surface area contributed by atoms with Crippen LogP contribution in [0.15, 0.2) is 36.4 Å². The van der Waals surface area contributed by atoms with E-state index in [1.807, 2.05) is 43.3 Å². The van der Waals surface area contributed by atoms with E-state index in [0.717, 1.165) is 24.2 Å². The van der Waals surface area contributed by atoms with E-state index in [-0.39, 0.29) is 31.4 Å². The van der Waals surface area contributed by atoms with Crippen LogP contribution in [0.25, 0.3) is 0 Å². The summed E-state index contributed by atoms with van der Waals surface area (Å²) in [6.07, 6.45) is 0. The molecule has 0 aliphatic carbocycles. The van der Waals surface area contributed by atoms with E-state index in [1.165, 1.54) is 0 Å². The van der Waals surface area contributed by atoms with Gasteiger partial charge in [-0.1, -0.05) is 35.3 Å². The smallest absolute Gasteiger partial charge is 0.180 e. The van der Waals surface area contributed by atoms with Gasteiger partial charge in [-0.3, -0.25) is 0 Å². The molecule has 0 unspecified atom stereocenters. The highest BCUT2D eigenvalue weighted by atomic mass is 35.5. The third-order valence-electron chi connectivity index (χ3n) is 3.76. The van der Waals surface area contributed by atoms with Crippen LogP contribution >= 0.6 is 48.0 Å². The first-order valence-corrected chi connectivity index (χ1v) is 9.74. The van der Waals surface area contributed by atoms with Crippen molar-refractivity contribution in [1.29, 1.82) is 0 Å². The van der Waals surface area contributed by atoms with Crippen LogP contribution in [0.2, 0.25) is 10.0 Å². The van der Waals surface area contributed by atoms with Crippen molar-refractivity contribution >= 4 is 48.0 Å². The van der Waals surface area contributed by atoms with Crippen LogP contribution in [0.4, 0.5) is 0 Å². The number of nitrogens with one attached hydrogen (secondary N) is 2. The first-order chi connectivity index (χ1) is 13.1. The molecule has 0 bridgehead atoms. The minimum Gasteiger partial charge on any atom is -0.490 e. The Morgan fingerprint density at radius 2 is 1.59 bits per heavy atom. The third kappa shape index (κ3) is 10.1. The molecule has 0 saturated heterocycles. The maximum atomic E-state index is 8.74. The van der Waals surface area contributed by atoms with Gasteiger partial charge in [-0.2, -0.15) is 0 Å². The van der Waals surface area contributed by atoms with Crippen LogP contribution in [0.5, 0.6) is 11.5 Å². The summed E-state index contributed by atoms with van der Waals surface area (Å²) in [5, 5.41) is 16.4. The average Bonchev–Trinajstić information content (AvgIpc) is 2.65. The second-order valence-electron chi connectivity index (χ2n) is 5.90. The van der Waals surface area contributed by atoms with Gasteiger partial charge in [-0.25, -0.2) is 0 Å². The number of halogens is 4. The van der Waals surface area contributed by atoms with Crippen LogP contribution in [0.3, 0.4) is 0 Å². The molecular formula is C20H28Cl4N2O3. The average molecular weight is 486 g/mol. The maximum absolute atomic E-state index is 8.74. The second-order valence-corrected chi connectivity index (χ2v) is 6.75. The molecule has 2 aromatic carbocycles. The normalized spacial score (nSPS) is 10.1. The summed E-state index contributed by atoms with van der Waals surface area (Å²) in [6, 6.07) is 11.3. The molecule has 9 heteroatoms. The molecule has 2 rings (SSSR count). The predicted octanol–water partition coefficient (Wildman–Crippen LogP) is 4.49. The summed E-state index contributed by atoms with van der Waals surface area (Å²) in [4.78, 5) is 0. The predicted molar refractivity (Wildman–Crippen MR) is 125 cm³/mol. The van der Waals surface area contributed by atoms with E-state index in [4.69, 9.17) is 37.8 Å². The summed E-state index contributed by atoms with van der Waals surface area (Å²) in [5.74, 6) is 1.18. The molecule has 29 heavy (non-hydrogen) atoms. The van der Waals surface area contributed by atoms with Crippen molar-refractivity contribution in [3.05, 3.63) is 57.6 Å². The van der Waals surface area contributed by atoms with Crippen LogP contribution < -0.4 is 20.1 Å². The topological polar surface area (TPSA) is 62.8 Å². The Morgan fingerprint density at radius 1 is 0.897 bits per heavy atom. The first-order valence-electron chi connectivity index (χ1n) is 8.98. The zero-order chi connectivity index (χ0) is 19.5. The number of ether oxygens (including phenoxy) is 2. The molecule has 3 N–H and O–H groups in total. The Kier molecular flexibility index (Phi) is 15.4. The molecule has 0 aliphatic heterocycles. The fourth-order valence-corrected chi connectivity index (χ4v) is 2.89. The number of hydrogen-bond acceptors (Lipinski definition) is 5. The van der Waals surface area contributed by atoms with E-state index in [1.54, 1.807) is 0 Å². The number of rotatable bonds is 12. The van der Waals surface area contributed by atoms with Crippen molar-refractivity contribution in [3.8, 4) is 11.5 Å². The van der Waals surface area contributed by atoms with Gasteiger partial charge in [-0.05, 0) is 42.3 Å². The molecular weight excluding hydrogens is 458 g/mol. The van der Waals surface area contributed by atoms with Crippen molar-refractivity contribution < 1.29 is 14.6 Å². The van der Waals surface area contributed by atoms with Crippen molar-refractivity contribution in [3.63, 3.8) is 0 Å². The Hall–Kier alpha value is -0.920. The molecule has 0 radical (unpaired) electrons. The molecule has 0 atom stereocenters. The molecule has 0 aromatic heterocycles. The summed E-state index contributed by atoms with van der Waals surface area (Å²) < 4.78 is 11.6. The standard InChI is InChI=1S/C20H26Cl2N2O3.2ClH/c1-2-26-19-12-16(13-24-8-7-23-9-10-25)11-18(22)20(19)27-14-15-3-5-17(21)6-4-15;;/h3-6,11-12,23-25H,2,7-10,13-14H2,1H3;2*1H. The van der Waals surface area contributed by atoms with Gasteiger partial charge in [0.05, 0.1) is 18.2 Å². The van der Waals surface area contributed by atoms with Gasteiger partial charge in [0.1, 0.15) is 6.61 Å². The fraction of sp³-hybridized carbons (Fsp3) is 0.400. The number of aliphatic hydroxyl groups is 1. The molecule has 0 fully saturated rings. The quantitative estimate of drug-likeness (QED) is 0.386. The van der Waals surface area contributed by atoms with Crippen LogP contribution in [0.1, 0.15) is 18.1 Å². The molecule has 164 valence electrons. The SMILES string of the molecule is CCOc1cc(CNCCNCCO)cc(Cl)c1OCc1ccc(Cl)cc1.Cl.Cl. The van der Waals surface area contributed by atoms with E-state index in [0.29, 0.717) is 47.8 Å². The van der Waals surface area contributed by atoms with Crippen molar-refractivity contribution in [2.24, 2.45) is 0 Å². The van der Waals surface area contributed by atoms with E-state index >= 15 is 0 Å². The summed E-state index contributed by atoms with van der Waals surface area (Å²) in [5.41, 5.74) is 2.02. The first kappa shape index (κ1) is 28.1. The fourth-order valence-electron chi connectivity index (χ4n) is 2.48. The lowest BCUT2D eigenvalue weighted by atomic mass is 10.2. The van der Waals surface area contributed by atoms with Crippen LogP contribution in [0, 0.1) is 0 Å². The number of aliphatic hydroxyl groups excluding tert-OH is 1. The lowest BCUT2D eigenvalue weighted by Crippen LogP contribution is -2.28. The molecule has 0 amide bonds. The van der Waals surface area contributed by atoms with Gasteiger partial charge in [0, 0.05) is 31.2 Å². The van der Waals surface area contributed by atoms with Gasteiger partial charge >= 0.3 is 0 Å². The zero-order valence-electron chi connectivity index (χ0n) is 16.2. The Morgan fingerprint density at radius 3 is 2.24 bits per heavy atom. The molecule has 0 heterocycles. The van der Waals surface area contributed by atoms with Gasteiger partial charge in [0.25, 0.3) is 0 Å². The van der Waals surface area contributed by atoms with Crippen molar-refractivity contribution in [2.45, 2.75) is 20.1 Å². The van der Waals surface area contributed by atoms with Crippen LogP contribution in [-0.4, -0.2) is 38.0 Å². The molecule has 0 spiro atoms. The lowest BCUT2D eigenvalue weighted by molar-refractivity contribution is 0.269. The number of benzene rings is 2. The molecule has 0 aliphatic rings. The second kappa shape index (κ2) is 15.9. The highest BCUT2D eigenvalue weighted by molar-refractivity contribution is 6.32. The molecule has 5 nitrogen and oxygen atoms in total. The van der Waals surface area contributed by atoms with E-state index in [9.17, 15) is 0 Å². The van der Waals surface area contributed by atoms with Crippen molar-refractivity contribution in [2.75, 3.05) is 32.8 Å². The summed E-state index contributed by atoms with van der Waals surface area (Å²) in [6.45, 7) is 5.81. The van der Waals surface area contributed by atoms with Crippen LogP contribution in [-0.2, 0) is 13.2 Å². The number of hydrogen-bond donors (Lipinski definition) is 3. The van der Waals surface area contributed by atoms with E-state index in [2.05, 4.69) is 10.6 Å². The van der Waals surface area contributed by atoms with Gasteiger partial charge in [0.2, 0.25) is 0 Å². The monoisotopic (exact) mass is 484 g/mol. The minimum absolute atomic E-state index is 0. The maximum Gasteiger partial charge on any atom is 0.180 e. The molecule has 2 aromatic rings. The van der Waals surface area contributed by atoms with Gasteiger partial charge in [-0.15, -0.1) is 24.8 Å². The minimum atomic E-state index is 0. The highest BCUT2D eigenvalue weighted by Crippen LogP contribution is 2.37. The molecule has 0 saturated carbocycles. The summed E-state index contributed by atoms with van der Waals surface area (Å²) >= 11 is 12.4. The third-order valence-corrected chi connectivity index (χ3v) is 4.29. The zero-order valence-corrected chi connectivity index (χ0v) is 19.4. The van der Waals surface area contributed by atoms with Crippen molar-refractivity contribution in [1.82, 2.24) is 10.6 Å². The summed E-state index contributed by atoms with van der Waals surface area (Å²) in [7, 11) is 0. The van der Waals surface area contributed by atoms with E-state index < -0.39 is 0 Å².